The summed E-state index contributed by atoms with van der Waals surface area (Å²) in [5, 5.41) is 0. The topological polar surface area (TPSA) is 38.0 Å². The Morgan fingerprint density at radius 3 is 2.42 bits per heavy atom. The summed E-state index contributed by atoms with van der Waals surface area (Å²) in [5.41, 5.74) is 2.41. The number of halogens is 3. The van der Waals surface area contributed by atoms with Gasteiger partial charge in [-0.25, -0.2) is 0 Å². The van der Waals surface area contributed by atoms with E-state index in [0.717, 1.165) is 6.42 Å². The van der Waals surface area contributed by atoms with Crippen LogP contribution in [0.2, 0.25) is 0 Å². The lowest BCUT2D eigenvalue weighted by Gasteiger charge is -2.29. The Hall–Kier alpha value is -0.290. The van der Waals surface area contributed by atoms with Crippen LogP contribution in [-0.4, -0.2) is 12.2 Å². The van der Waals surface area contributed by atoms with Crippen LogP contribution in [0.3, 0.4) is 0 Å². The average Bonchev–Trinajstić information content (AvgIpc) is 2.03. The fourth-order valence-electron chi connectivity index (χ4n) is 1.64. The highest BCUT2D eigenvalue weighted by molar-refractivity contribution is 4.80. The van der Waals surface area contributed by atoms with Crippen LogP contribution in [0.1, 0.15) is 25.7 Å². The molecule has 0 bridgehead atoms. The maximum atomic E-state index is 12.2. The number of hydrazine groups is 1. The maximum absolute atomic E-state index is 12.2. The number of nitrogens with two attached hydrogens (primary N) is 1. The van der Waals surface area contributed by atoms with Crippen molar-refractivity contribution in [2.45, 2.75) is 37.9 Å². The summed E-state index contributed by atoms with van der Waals surface area (Å²) in [4.78, 5) is 0. The van der Waals surface area contributed by atoms with E-state index in [1.165, 1.54) is 0 Å². The average molecular weight is 182 g/mol. The van der Waals surface area contributed by atoms with Crippen molar-refractivity contribution in [3.8, 4) is 0 Å². The summed E-state index contributed by atoms with van der Waals surface area (Å²) in [5.74, 6) is 3.93. The molecule has 0 aromatic rings. The quantitative estimate of drug-likeness (QED) is 0.477. The lowest BCUT2D eigenvalue weighted by molar-refractivity contribution is -0.183. The summed E-state index contributed by atoms with van der Waals surface area (Å²) in [7, 11) is 0. The molecule has 2 atom stereocenters. The van der Waals surface area contributed by atoms with Crippen LogP contribution >= 0.6 is 0 Å². The second-order valence-electron chi connectivity index (χ2n) is 3.27. The van der Waals surface area contributed by atoms with Gasteiger partial charge in [0.25, 0.3) is 0 Å². The molecule has 5 heteroatoms. The van der Waals surface area contributed by atoms with Gasteiger partial charge in [-0.1, -0.05) is 6.42 Å². The molecule has 0 saturated heterocycles. The molecule has 1 fully saturated rings. The zero-order valence-corrected chi connectivity index (χ0v) is 6.69. The minimum Gasteiger partial charge on any atom is -0.271 e. The van der Waals surface area contributed by atoms with Gasteiger partial charge in [-0.2, -0.15) is 13.2 Å². The summed E-state index contributed by atoms with van der Waals surface area (Å²) in [6.07, 6.45) is -2.31. The van der Waals surface area contributed by atoms with Gasteiger partial charge in [0.1, 0.15) is 0 Å². The minimum atomic E-state index is -4.05. The highest BCUT2D eigenvalue weighted by Crippen LogP contribution is 2.37. The van der Waals surface area contributed by atoms with Crippen LogP contribution < -0.4 is 11.3 Å². The van der Waals surface area contributed by atoms with E-state index in [1.807, 2.05) is 0 Å². The molecule has 0 radical (unpaired) electrons. The van der Waals surface area contributed by atoms with E-state index in [0.29, 0.717) is 6.42 Å². The lowest BCUT2D eigenvalue weighted by atomic mass is 9.85. The van der Waals surface area contributed by atoms with Crippen molar-refractivity contribution in [2.75, 3.05) is 0 Å². The van der Waals surface area contributed by atoms with Crippen molar-refractivity contribution in [3.63, 3.8) is 0 Å². The number of nitrogens with one attached hydrogen (secondary N) is 1. The van der Waals surface area contributed by atoms with E-state index in [9.17, 15) is 13.2 Å². The Bertz CT molecular complexity index is 146. The number of rotatable bonds is 1. The predicted octanol–water partition coefficient (Wildman–Crippen LogP) is 1.57. The van der Waals surface area contributed by atoms with E-state index in [1.54, 1.807) is 0 Å². The smallest absolute Gasteiger partial charge is 0.271 e. The van der Waals surface area contributed by atoms with E-state index < -0.39 is 12.1 Å². The van der Waals surface area contributed by atoms with E-state index in [4.69, 9.17) is 5.84 Å². The van der Waals surface area contributed by atoms with Crippen molar-refractivity contribution >= 4 is 0 Å². The van der Waals surface area contributed by atoms with Gasteiger partial charge in [0.2, 0.25) is 0 Å². The number of alkyl halides is 3. The van der Waals surface area contributed by atoms with Gasteiger partial charge in [-0.15, -0.1) is 0 Å². The summed E-state index contributed by atoms with van der Waals surface area (Å²) < 4.78 is 36.5. The molecule has 1 saturated carbocycles. The third kappa shape index (κ3) is 2.35. The van der Waals surface area contributed by atoms with Crippen molar-refractivity contribution in [1.82, 2.24) is 5.43 Å². The predicted molar refractivity (Wildman–Crippen MR) is 39.1 cm³/mol. The SMILES string of the molecule is NNC1CCCC(C(F)(F)F)C1. The van der Waals surface area contributed by atoms with Gasteiger partial charge in [-0.05, 0) is 19.3 Å². The van der Waals surface area contributed by atoms with Gasteiger partial charge >= 0.3 is 6.18 Å². The highest BCUT2D eigenvalue weighted by Gasteiger charge is 2.41. The Kier molecular flexibility index (Phi) is 2.95. The number of hydrogen-bond donors (Lipinski definition) is 2. The van der Waals surface area contributed by atoms with Gasteiger partial charge in [0.05, 0.1) is 5.92 Å². The summed E-state index contributed by atoms with van der Waals surface area (Å²) in [6, 6.07) is -0.162. The Labute approximate surface area is 69.3 Å². The van der Waals surface area contributed by atoms with Crippen molar-refractivity contribution in [1.29, 1.82) is 0 Å². The fourth-order valence-corrected chi connectivity index (χ4v) is 1.64. The minimum absolute atomic E-state index is 0.125. The molecule has 0 aromatic carbocycles. The number of hydrogen-bond acceptors (Lipinski definition) is 2. The first-order valence-electron chi connectivity index (χ1n) is 4.07. The molecule has 2 unspecified atom stereocenters. The Morgan fingerprint density at radius 2 is 1.92 bits per heavy atom. The van der Waals surface area contributed by atoms with Crippen LogP contribution in [0.25, 0.3) is 0 Å². The zero-order chi connectivity index (χ0) is 9.19. The summed E-state index contributed by atoms with van der Waals surface area (Å²) >= 11 is 0. The molecular weight excluding hydrogens is 169 g/mol. The van der Waals surface area contributed by atoms with Gasteiger partial charge in [-0.3, -0.25) is 11.3 Å². The fraction of sp³-hybridized carbons (Fsp3) is 1.00. The molecule has 0 aliphatic heterocycles. The van der Waals surface area contributed by atoms with Crippen molar-refractivity contribution < 1.29 is 13.2 Å². The van der Waals surface area contributed by atoms with Gasteiger partial charge in [0.15, 0.2) is 0 Å². The first-order valence-corrected chi connectivity index (χ1v) is 4.07. The van der Waals surface area contributed by atoms with Crippen LogP contribution in [0, 0.1) is 5.92 Å². The van der Waals surface area contributed by atoms with Crippen LogP contribution in [-0.2, 0) is 0 Å². The highest BCUT2D eigenvalue weighted by atomic mass is 19.4. The van der Waals surface area contributed by atoms with E-state index in [2.05, 4.69) is 5.43 Å². The molecule has 0 aromatic heterocycles. The monoisotopic (exact) mass is 182 g/mol. The molecule has 12 heavy (non-hydrogen) atoms. The van der Waals surface area contributed by atoms with Crippen LogP contribution in [0.15, 0.2) is 0 Å². The molecule has 3 N–H and O–H groups in total. The molecule has 2 nitrogen and oxygen atoms in total. The van der Waals surface area contributed by atoms with Crippen LogP contribution in [0.5, 0.6) is 0 Å². The molecule has 0 amide bonds. The standard InChI is InChI=1S/C7H13F3N2/c8-7(9,10)5-2-1-3-6(4-5)12-11/h5-6,12H,1-4,11H2. The zero-order valence-electron chi connectivity index (χ0n) is 6.69. The van der Waals surface area contributed by atoms with Gasteiger partial charge in [0, 0.05) is 6.04 Å². The van der Waals surface area contributed by atoms with Crippen molar-refractivity contribution in [3.05, 3.63) is 0 Å². The lowest BCUT2D eigenvalue weighted by Crippen LogP contribution is -2.41. The first-order chi connectivity index (χ1) is 5.54. The van der Waals surface area contributed by atoms with Crippen LogP contribution in [0.4, 0.5) is 13.2 Å². The van der Waals surface area contributed by atoms with Crippen molar-refractivity contribution in [2.24, 2.45) is 11.8 Å². The second kappa shape index (κ2) is 3.62. The second-order valence-corrected chi connectivity index (χ2v) is 3.27. The Morgan fingerprint density at radius 1 is 1.25 bits per heavy atom. The Balaban J connectivity index is 2.46. The molecule has 0 heterocycles. The normalized spacial score (nSPS) is 32.0. The third-order valence-electron chi connectivity index (χ3n) is 2.37. The molecule has 1 aliphatic carbocycles. The molecule has 72 valence electrons. The molecular formula is C7H13F3N2. The van der Waals surface area contributed by atoms with E-state index >= 15 is 0 Å². The summed E-state index contributed by atoms with van der Waals surface area (Å²) in [6.45, 7) is 0. The third-order valence-corrected chi connectivity index (χ3v) is 2.37. The largest absolute Gasteiger partial charge is 0.391 e. The molecule has 1 aliphatic rings. The molecule has 1 rings (SSSR count). The van der Waals surface area contributed by atoms with Gasteiger partial charge < -0.3 is 0 Å². The van der Waals surface area contributed by atoms with E-state index in [-0.39, 0.29) is 18.9 Å². The molecule has 0 spiro atoms. The first kappa shape index (κ1) is 9.80. The maximum Gasteiger partial charge on any atom is 0.391 e.